The molecule has 0 atom stereocenters. The number of amides is 3. The third-order valence-corrected chi connectivity index (χ3v) is 6.34. The van der Waals surface area contributed by atoms with Crippen LogP contribution in [0.3, 0.4) is 0 Å². The molecule has 4 rings (SSSR count). The molecule has 2 aliphatic heterocycles. The lowest BCUT2D eigenvalue weighted by Crippen LogP contribution is -2.51. The maximum atomic E-state index is 12.9. The Balaban J connectivity index is 1.28. The predicted molar refractivity (Wildman–Crippen MR) is 130 cm³/mol. The van der Waals surface area contributed by atoms with Gasteiger partial charge in [-0.05, 0) is 24.6 Å². The summed E-state index contributed by atoms with van der Waals surface area (Å²) in [7, 11) is 1.61. The zero-order valence-corrected chi connectivity index (χ0v) is 19.9. The van der Waals surface area contributed by atoms with E-state index < -0.39 is 0 Å². The Morgan fingerprint density at radius 1 is 1.03 bits per heavy atom. The molecule has 0 aromatic heterocycles. The first-order valence-electron chi connectivity index (χ1n) is 11.7. The van der Waals surface area contributed by atoms with Crippen LogP contribution in [0.2, 0.25) is 0 Å². The van der Waals surface area contributed by atoms with Crippen LogP contribution in [0.15, 0.2) is 48.5 Å². The van der Waals surface area contributed by atoms with Crippen LogP contribution >= 0.6 is 0 Å². The van der Waals surface area contributed by atoms with Gasteiger partial charge in [-0.2, -0.15) is 0 Å². The molecule has 0 spiro atoms. The van der Waals surface area contributed by atoms with Crippen LogP contribution in [0, 0.1) is 6.92 Å². The van der Waals surface area contributed by atoms with E-state index in [4.69, 9.17) is 4.74 Å². The maximum absolute atomic E-state index is 12.9. The Morgan fingerprint density at radius 3 is 2.56 bits per heavy atom. The van der Waals surface area contributed by atoms with E-state index in [0.717, 1.165) is 19.6 Å². The van der Waals surface area contributed by atoms with Gasteiger partial charge >= 0.3 is 0 Å². The highest BCUT2D eigenvalue weighted by Gasteiger charge is 2.28. The highest BCUT2D eigenvalue weighted by atomic mass is 16.5. The van der Waals surface area contributed by atoms with Crippen molar-refractivity contribution in [2.75, 3.05) is 57.8 Å². The molecule has 0 bridgehead atoms. The van der Waals surface area contributed by atoms with E-state index in [-0.39, 0.29) is 43.8 Å². The predicted octanol–water partition coefficient (Wildman–Crippen LogP) is 1.91. The molecule has 2 aromatic carbocycles. The van der Waals surface area contributed by atoms with Gasteiger partial charge in [0, 0.05) is 39.8 Å². The average Bonchev–Trinajstić information content (AvgIpc) is 2.98. The topological polar surface area (TPSA) is 73.4 Å². The third kappa shape index (κ3) is 5.75. The fraction of sp³-hybridized carbons (Fsp3) is 0.423. The Hall–Kier alpha value is -3.39. The number of aryl methyl sites for hydroxylation is 1. The normalized spacial score (nSPS) is 16.5. The Labute approximate surface area is 200 Å². The fourth-order valence-corrected chi connectivity index (χ4v) is 4.36. The fourth-order valence-electron chi connectivity index (χ4n) is 4.36. The summed E-state index contributed by atoms with van der Waals surface area (Å²) in [5, 5.41) is 0. The van der Waals surface area contributed by atoms with Crippen molar-refractivity contribution in [3.05, 3.63) is 59.7 Å². The van der Waals surface area contributed by atoms with Gasteiger partial charge in [0.05, 0.1) is 25.3 Å². The van der Waals surface area contributed by atoms with Crippen molar-refractivity contribution in [3.8, 4) is 5.75 Å². The molecule has 2 heterocycles. The number of likely N-dealkylation sites (N-methyl/N-ethyl adjacent to an activating group) is 1. The number of ether oxygens (including phenoxy) is 1. The molecule has 3 amide bonds. The molecule has 0 N–H and O–H groups in total. The van der Waals surface area contributed by atoms with Crippen LogP contribution in [0.25, 0.3) is 0 Å². The number of nitrogens with zero attached hydrogens (tertiary/aromatic N) is 4. The molecule has 0 radical (unpaired) electrons. The molecular formula is C26H32N4O4. The Bertz CT molecular complexity index is 1050. The van der Waals surface area contributed by atoms with Gasteiger partial charge < -0.3 is 14.5 Å². The van der Waals surface area contributed by atoms with Gasteiger partial charge in [0.15, 0.2) is 0 Å². The van der Waals surface area contributed by atoms with E-state index in [2.05, 4.69) is 36.1 Å². The van der Waals surface area contributed by atoms with Gasteiger partial charge in [0.1, 0.15) is 12.3 Å². The van der Waals surface area contributed by atoms with Crippen LogP contribution in [-0.2, 0) is 20.9 Å². The summed E-state index contributed by atoms with van der Waals surface area (Å²) in [6.07, 6.45) is 0.206. The molecule has 34 heavy (non-hydrogen) atoms. The van der Waals surface area contributed by atoms with Crippen LogP contribution in [0.5, 0.6) is 5.75 Å². The van der Waals surface area contributed by atoms with Crippen molar-refractivity contribution in [1.29, 1.82) is 0 Å². The Kier molecular flexibility index (Phi) is 7.47. The van der Waals surface area contributed by atoms with Crippen LogP contribution in [0.1, 0.15) is 17.5 Å². The van der Waals surface area contributed by atoms with Crippen LogP contribution < -0.4 is 9.64 Å². The number of rotatable bonds is 6. The molecule has 0 unspecified atom stereocenters. The second kappa shape index (κ2) is 10.7. The number of para-hydroxylation sites is 2. The largest absolute Gasteiger partial charge is 0.491 e. The van der Waals surface area contributed by atoms with E-state index in [9.17, 15) is 14.4 Å². The van der Waals surface area contributed by atoms with Crippen molar-refractivity contribution < 1.29 is 19.1 Å². The average molecular weight is 465 g/mol. The molecule has 1 fully saturated rings. The summed E-state index contributed by atoms with van der Waals surface area (Å²) in [5.74, 6) is 0.0691. The molecule has 2 aliphatic rings. The van der Waals surface area contributed by atoms with Crippen molar-refractivity contribution in [1.82, 2.24) is 14.7 Å². The minimum Gasteiger partial charge on any atom is -0.491 e. The number of hydrogen-bond acceptors (Lipinski definition) is 5. The first-order chi connectivity index (χ1) is 16.4. The zero-order chi connectivity index (χ0) is 24.1. The SMILES string of the molecule is Cc1cccc(CN2CCN(C(=O)CN(C)C(=O)CN3C(=O)CCOc4ccccc43)CC2)c1. The van der Waals surface area contributed by atoms with E-state index >= 15 is 0 Å². The van der Waals surface area contributed by atoms with Gasteiger partial charge in [-0.1, -0.05) is 42.0 Å². The van der Waals surface area contributed by atoms with E-state index in [1.807, 2.05) is 17.0 Å². The van der Waals surface area contributed by atoms with Crippen molar-refractivity contribution in [3.63, 3.8) is 0 Å². The minimum atomic E-state index is -0.281. The molecule has 2 aromatic rings. The molecule has 0 saturated carbocycles. The van der Waals surface area contributed by atoms with E-state index in [0.29, 0.717) is 24.5 Å². The lowest BCUT2D eigenvalue weighted by molar-refractivity contribution is -0.140. The molecular weight excluding hydrogens is 432 g/mol. The monoisotopic (exact) mass is 464 g/mol. The first-order valence-corrected chi connectivity index (χ1v) is 11.7. The van der Waals surface area contributed by atoms with Crippen molar-refractivity contribution in [2.24, 2.45) is 0 Å². The minimum absolute atomic E-state index is 0.00308. The lowest BCUT2D eigenvalue weighted by atomic mass is 10.1. The molecule has 8 nitrogen and oxygen atoms in total. The summed E-state index contributed by atoms with van der Waals surface area (Å²) in [6.45, 7) is 6.01. The van der Waals surface area contributed by atoms with Crippen molar-refractivity contribution >= 4 is 23.4 Å². The number of carbonyl (C=O) groups excluding carboxylic acids is 3. The van der Waals surface area contributed by atoms with Crippen LogP contribution in [0.4, 0.5) is 5.69 Å². The number of hydrogen-bond donors (Lipinski definition) is 0. The van der Waals surface area contributed by atoms with Gasteiger partial charge in [-0.25, -0.2) is 0 Å². The number of carbonyl (C=O) groups is 3. The van der Waals surface area contributed by atoms with Gasteiger partial charge in [0.25, 0.3) is 0 Å². The summed E-state index contributed by atoms with van der Waals surface area (Å²) < 4.78 is 5.63. The van der Waals surface area contributed by atoms with Crippen molar-refractivity contribution in [2.45, 2.75) is 19.9 Å². The number of anilines is 1. The molecule has 1 saturated heterocycles. The Morgan fingerprint density at radius 2 is 1.79 bits per heavy atom. The quantitative estimate of drug-likeness (QED) is 0.653. The maximum Gasteiger partial charge on any atom is 0.242 e. The summed E-state index contributed by atoms with van der Waals surface area (Å²) in [6, 6.07) is 15.7. The third-order valence-electron chi connectivity index (χ3n) is 6.34. The molecule has 180 valence electrons. The highest BCUT2D eigenvalue weighted by molar-refractivity contribution is 6.00. The standard InChI is InChI=1S/C26H32N4O4/c1-20-6-5-7-21(16-20)17-28-11-13-29(14-12-28)26(33)18-27(2)25(32)19-30-22-8-3-4-9-23(22)34-15-10-24(30)31/h3-9,16H,10-15,17-19H2,1-2H3. The highest BCUT2D eigenvalue weighted by Crippen LogP contribution is 2.30. The van der Waals surface area contributed by atoms with E-state index in [1.165, 1.54) is 20.9 Å². The summed E-state index contributed by atoms with van der Waals surface area (Å²) in [4.78, 5) is 45.3. The second-order valence-corrected chi connectivity index (χ2v) is 8.94. The second-order valence-electron chi connectivity index (χ2n) is 8.94. The van der Waals surface area contributed by atoms with Gasteiger partial charge in [0.2, 0.25) is 17.7 Å². The number of piperazine rings is 1. The zero-order valence-electron chi connectivity index (χ0n) is 19.9. The van der Waals surface area contributed by atoms with Gasteiger partial charge in [-0.15, -0.1) is 0 Å². The van der Waals surface area contributed by atoms with Gasteiger partial charge in [-0.3, -0.25) is 24.2 Å². The number of benzene rings is 2. The first kappa shape index (κ1) is 23.8. The molecule has 0 aliphatic carbocycles. The number of fused-ring (bicyclic) bond motifs is 1. The summed E-state index contributed by atoms with van der Waals surface area (Å²) >= 11 is 0. The van der Waals surface area contributed by atoms with Crippen LogP contribution in [-0.4, -0.2) is 85.3 Å². The van der Waals surface area contributed by atoms with E-state index in [1.54, 1.807) is 19.2 Å². The summed E-state index contributed by atoms with van der Waals surface area (Å²) in [5.41, 5.74) is 3.11. The molecule has 8 heteroatoms. The lowest BCUT2D eigenvalue weighted by Gasteiger charge is -2.35. The smallest absolute Gasteiger partial charge is 0.242 e.